The average Bonchev–Trinajstić information content (AvgIpc) is 2.50. The molecule has 0 aliphatic rings. The number of hydrogen-bond donors (Lipinski definition) is 1. The predicted molar refractivity (Wildman–Crippen MR) is 98.0 cm³/mol. The van der Waals surface area contributed by atoms with E-state index >= 15 is 0 Å². The molecule has 1 nitrogen and oxygen atoms in total. The van der Waals surface area contributed by atoms with Crippen LogP contribution in [0.1, 0.15) is 59.3 Å². The Hall–Kier alpha value is 0.109. The van der Waals surface area contributed by atoms with Crippen LogP contribution in [0.2, 0.25) is 18.3 Å². The van der Waals surface area contributed by atoms with Gasteiger partial charge in [-0.15, -0.1) is 0 Å². The summed E-state index contributed by atoms with van der Waals surface area (Å²) in [5, 5.41) is 9.34. The minimum absolute atomic E-state index is 0.245. The summed E-state index contributed by atoms with van der Waals surface area (Å²) in [5.41, 5.74) is 0. The van der Waals surface area contributed by atoms with Gasteiger partial charge in [-0.3, -0.25) is 0 Å². The molecule has 21 heavy (non-hydrogen) atoms. The second kappa shape index (κ2) is 15.0. The maximum atomic E-state index is 8.70. The van der Waals surface area contributed by atoms with Gasteiger partial charge in [0.2, 0.25) is 0 Å². The van der Waals surface area contributed by atoms with Crippen LogP contribution in [0.4, 0.5) is 0 Å². The first-order valence-electron chi connectivity index (χ1n) is 8.42. The molecule has 0 amide bonds. The smallest absolute Gasteiger partial charge is 0.115 e. The molecule has 0 fully saturated rings. The van der Waals surface area contributed by atoms with Crippen LogP contribution < -0.4 is 0 Å². The Morgan fingerprint density at radius 1 is 0.810 bits per heavy atom. The number of benzene rings is 1. The number of unbranched alkanes of at least 4 members (excludes halogenated alkanes) is 3. The zero-order chi connectivity index (χ0) is 15.9. The van der Waals surface area contributed by atoms with Crippen LogP contribution in [0.5, 0.6) is 5.75 Å². The van der Waals surface area contributed by atoms with Gasteiger partial charge in [-0.1, -0.05) is 11.6 Å². The average molecular weight is 419 g/mol. The van der Waals surface area contributed by atoms with E-state index < -0.39 is 19.8 Å². The van der Waals surface area contributed by atoms with E-state index in [1.54, 1.807) is 37.6 Å². The molecule has 0 aliphatic heterocycles. The van der Waals surface area contributed by atoms with Gasteiger partial charge in [0.05, 0.1) is 0 Å². The summed E-state index contributed by atoms with van der Waals surface area (Å²) in [5.74, 6) is 0.245. The molecule has 0 saturated carbocycles. The predicted octanol–water partition coefficient (Wildman–Crippen LogP) is 6.93. The van der Waals surface area contributed by atoms with Crippen molar-refractivity contribution >= 4 is 31.4 Å². The molecule has 0 saturated heterocycles. The van der Waals surface area contributed by atoms with Gasteiger partial charge in [0.15, 0.2) is 0 Å². The van der Waals surface area contributed by atoms with Gasteiger partial charge in [0, 0.05) is 5.02 Å². The van der Waals surface area contributed by atoms with Crippen LogP contribution in [0.25, 0.3) is 0 Å². The zero-order valence-corrected chi connectivity index (χ0v) is 17.6. The third-order valence-electron chi connectivity index (χ3n) is 3.48. The fraction of sp³-hybridized carbons (Fsp3) is 0.667. The second-order valence-corrected chi connectivity index (χ2v) is 14.5. The standard InChI is InChI=1S/C6H5ClO.3C4H9.Sn/c7-5-1-3-6(8)4-2-5;3*1-3-4-2;/h1-4,8H;3*1,3-4H2,2H3;. The van der Waals surface area contributed by atoms with Gasteiger partial charge in [0.1, 0.15) is 5.75 Å². The van der Waals surface area contributed by atoms with Crippen molar-refractivity contribution in [3.8, 4) is 5.75 Å². The van der Waals surface area contributed by atoms with E-state index in [0.717, 1.165) is 0 Å². The van der Waals surface area contributed by atoms with E-state index in [0.29, 0.717) is 5.02 Å². The van der Waals surface area contributed by atoms with Crippen molar-refractivity contribution < 1.29 is 5.11 Å². The van der Waals surface area contributed by atoms with Crippen molar-refractivity contribution in [2.24, 2.45) is 0 Å². The number of phenols is 1. The van der Waals surface area contributed by atoms with Crippen molar-refractivity contribution in [2.45, 2.75) is 72.6 Å². The quantitative estimate of drug-likeness (QED) is 0.431. The van der Waals surface area contributed by atoms with Crippen molar-refractivity contribution in [3.63, 3.8) is 0 Å². The fourth-order valence-corrected chi connectivity index (χ4v) is 11.7. The summed E-state index contributed by atoms with van der Waals surface area (Å²) in [6.45, 7) is 7.00. The molecule has 0 bridgehead atoms. The van der Waals surface area contributed by atoms with Crippen LogP contribution >= 0.6 is 11.6 Å². The van der Waals surface area contributed by atoms with Gasteiger partial charge in [0.25, 0.3) is 0 Å². The molecule has 1 rings (SSSR count). The Morgan fingerprint density at radius 2 is 1.19 bits per heavy atom. The fourth-order valence-electron chi connectivity index (χ4n) is 2.10. The van der Waals surface area contributed by atoms with Crippen molar-refractivity contribution in [3.05, 3.63) is 29.3 Å². The summed E-state index contributed by atoms with van der Waals surface area (Å²) < 4.78 is 5.04. The molecule has 0 heterocycles. The summed E-state index contributed by atoms with van der Waals surface area (Å²) in [4.78, 5) is 0. The Balaban J connectivity index is 0.000000423. The van der Waals surface area contributed by atoms with Crippen molar-refractivity contribution in [1.29, 1.82) is 0 Å². The van der Waals surface area contributed by atoms with Crippen LogP contribution in [-0.4, -0.2) is 24.9 Å². The Bertz CT molecular complexity index is 286. The number of phenolic OH excluding ortho intramolecular Hbond substituents is 1. The normalized spacial score (nSPS) is 10.3. The first kappa shape index (κ1) is 21.1. The van der Waals surface area contributed by atoms with E-state index in [4.69, 9.17) is 16.7 Å². The largest absolute Gasteiger partial charge is 0.508 e. The Kier molecular flexibility index (Phi) is 15.1. The molecule has 0 unspecified atom stereocenters. The summed E-state index contributed by atoms with van der Waals surface area (Å²) in [7, 11) is 0. The minimum atomic E-state index is -0.839. The molecule has 1 N–H and O–H groups in total. The summed E-state index contributed by atoms with van der Waals surface area (Å²) in [6, 6.07) is 6.36. The van der Waals surface area contributed by atoms with Gasteiger partial charge < -0.3 is 5.11 Å². The monoisotopic (exact) mass is 419 g/mol. The van der Waals surface area contributed by atoms with E-state index in [-0.39, 0.29) is 5.75 Å². The molecular formula is C18H32ClOSn. The molecule has 1 aromatic carbocycles. The molecule has 1 radical (unpaired) electrons. The molecule has 0 atom stereocenters. The van der Waals surface area contributed by atoms with Crippen molar-refractivity contribution in [2.75, 3.05) is 0 Å². The minimum Gasteiger partial charge on any atom is -0.508 e. The van der Waals surface area contributed by atoms with Crippen molar-refractivity contribution in [1.82, 2.24) is 0 Å². The molecule has 121 valence electrons. The maximum Gasteiger partial charge on any atom is 0.115 e. The summed E-state index contributed by atoms with van der Waals surface area (Å²) >= 11 is 4.66. The number of aromatic hydroxyl groups is 1. The number of halogens is 1. The first-order valence-corrected chi connectivity index (χ1v) is 14.8. The maximum absolute atomic E-state index is 8.70. The van der Waals surface area contributed by atoms with Gasteiger partial charge in [-0.2, -0.15) is 0 Å². The summed E-state index contributed by atoms with van der Waals surface area (Å²) in [6.07, 6.45) is 8.85. The Morgan fingerprint density at radius 3 is 1.48 bits per heavy atom. The van der Waals surface area contributed by atoms with E-state index in [2.05, 4.69) is 20.8 Å². The molecule has 3 heteroatoms. The van der Waals surface area contributed by atoms with E-state index in [1.165, 1.54) is 38.5 Å². The molecule has 0 aromatic heterocycles. The van der Waals surface area contributed by atoms with Gasteiger partial charge in [-0.25, -0.2) is 0 Å². The molecule has 0 spiro atoms. The van der Waals surface area contributed by atoms with Crippen LogP contribution in [0.3, 0.4) is 0 Å². The topological polar surface area (TPSA) is 20.2 Å². The first-order chi connectivity index (χ1) is 10.1. The Labute approximate surface area is 143 Å². The third kappa shape index (κ3) is 13.5. The number of hydrogen-bond acceptors (Lipinski definition) is 1. The van der Waals surface area contributed by atoms with Crippen LogP contribution in [-0.2, 0) is 0 Å². The third-order valence-corrected chi connectivity index (χ3v) is 12.8. The second-order valence-electron chi connectivity index (χ2n) is 5.54. The van der Waals surface area contributed by atoms with E-state index in [9.17, 15) is 0 Å². The zero-order valence-electron chi connectivity index (χ0n) is 14.0. The molecule has 1 aromatic rings. The molecular weight excluding hydrogens is 386 g/mol. The van der Waals surface area contributed by atoms with Crippen LogP contribution in [0.15, 0.2) is 24.3 Å². The van der Waals surface area contributed by atoms with Gasteiger partial charge >= 0.3 is 92.4 Å². The van der Waals surface area contributed by atoms with Crippen LogP contribution in [0, 0.1) is 0 Å². The number of rotatable bonds is 9. The molecule has 0 aliphatic carbocycles. The SMILES string of the molecule is CCC[CH2][Sn]([CH2]CCC)[CH2]CCC.Oc1ccc(Cl)cc1. The van der Waals surface area contributed by atoms with Gasteiger partial charge in [-0.05, 0) is 24.3 Å². The van der Waals surface area contributed by atoms with E-state index in [1.807, 2.05) is 0 Å².